The summed E-state index contributed by atoms with van der Waals surface area (Å²) in [5.41, 5.74) is -0.0710. The molecular weight excluding hydrogens is 286 g/mol. The molecule has 0 amide bonds. The summed E-state index contributed by atoms with van der Waals surface area (Å²) in [5.74, 6) is 0.101. The summed E-state index contributed by atoms with van der Waals surface area (Å²) < 4.78 is 28.9. The molecule has 0 spiro atoms. The number of nitrogens with one attached hydrogen (secondary N) is 1. The van der Waals surface area contributed by atoms with Gasteiger partial charge in [-0.15, -0.1) is 0 Å². The minimum Gasteiger partial charge on any atom is -0.261 e. The molecule has 0 aromatic rings. The van der Waals surface area contributed by atoms with Crippen LogP contribution in [-0.4, -0.2) is 31.0 Å². The predicted octanol–water partition coefficient (Wildman–Crippen LogP) is 2.39. The van der Waals surface area contributed by atoms with Crippen molar-refractivity contribution in [2.45, 2.75) is 53.6 Å². The Kier molecular flexibility index (Phi) is 4.90. The van der Waals surface area contributed by atoms with E-state index >= 15 is 0 Å². The van der Waals surface area contributed by atoms with E-state index in [1.807, 2.05) is 0 Å². The van der Waals surface area contributed by atoms with Crippen LogP contribution in [0.1, 0.15) is 41.5 Å². The molecule has 0 saturated carbocycles. The summed E-state index contributed by atoms with van der Waals surface area (Å²) in [6.07, 6.45) is 0. The molecule has 1 aliphatic rings. The standard InChI is InChI=1S/C11H26N2O2P2S/c1-10(2,3)8-9(11(4,5)6)13(17-16)7-18(14,15)12-8/h8-9,12,17H,7,16H2,1-6H3. The average molecular weight is 312 g/mol. The van der Waals surface area contributed by atoms with Crippen LogP contribution in [0.2, 0.25) is 0 Å². The second kappa shape index (κ2) is 5.26. The fraction of sp³-hybridized carbons (Fsp3) is 1.00. The maximum absolute atomic E-state index is 12.0. The van der Waals surface area contributed by atoms with Gasteiger partial charge in [-0.25, -0.2) is 13.1 Å². The first-order valence-corrected chi connectivity index (χ1v) is 10.5. The summed E-state index contributed by atoms with van der Waals surface area (Å²) in [7, 11) is -0.101. The highest BCUT2D eigenvalue weighted by molar-refractivity contribution is 8.02. The minimum atomic E-state index is -3.20. The number of rotatable bonds is 1. The zero-order chi connectivity index (χ0) is 14.4. The van der Waals surface area contributed by atoms with Crippen LogP contribution in [0.3, 0.4) is 0 Å². The second-order valence-corrected chi connectivity index (χ2v) is 10.4. The van der Waals surface area contributed by atoms with Crippen molar-refractivity contribution in [3.63, 3.8) is 0 Å². The minimum absolute atomic E-state index is 0.0322. The molecule has 1 saturated heterocycles. The first-order valence-electron chi connectivity index (χ1n) is 6.11. The van der Waals surface area contributed by atoms with Gasteiger partial charge in [-0.1, -0.05) is 50.5 Å². The molecule has 4 unspecified atom stereocenters. The van der Waals surface area contributed by atoms with Crippen LogP contribution in [0, 0.1) is 10.8 Å². The highest BCUT2D eigenvalue weighted by Crippen LogP contribution is 2.43. The maximum Gasteiger partial charge on any atom is 0.225 e. The summed E-state index contributed by atoms with van der Waals surface area (Å²) >= 11 is 0. The van der Waals surface area contributed by atoms with Crippen LogP contribution < -0.4 is 4.72 Å². The van der Waals surface area contributed by atoms with Gasteiger partial charge < -0.3 is 0 Å². The van der Waals surface area contributed by atoms with E-state index in [-0.39, 0.29) is 28.8 Å². The Morgan fingerprint density at radius 3 is 2.00 bits per heavy atom. The quantitative estimate of drug-likeness (QED) is 0.756. The summed E-state index contributed by atoms with van der Waals surface area (Å²) in [6.45, 7) is 12.8. The van der Waals surface area contributed by atoms with Gasteiger partial charge in [0.15, 0.2) is 0 Å². The molecule has 1 rings (SSSR count). The molecule has 1 N–H and O–H groups in total. The Labute approximate surface area is 116 Å². The van der Waals surface area contributed by atoms with Gasteiger partial charge in [-0.2, -0.15) is 0 Å². The molecule has 4 nitrogen and oxygen atoms in total. The highest BCUT2D eigenvalue weighted by Gasteiger charge is 2.47. The molecule has 0 radical (unpaired) electrons. The van der Waals surface area contributed by atoms with E-state index in [1.165, 1.54) is 0 Å². The number of nitrogens with zero attached hydrogens (tertiary/aromatic N) is 1. The van der Waals surface area contributed by atoms with Gasteiger partial charge in [-0.3, -0.25) is 4.67 Å². The lowest BCUT2D eigenvalue weighted by Gasteiger charge is -2.51. The molecule has 0 aromatic carbocycles. The summed E-state index contributed by atoms with van der Waals surface area (Å²) in [5, 5.41) is 0. The smallest absolute Gasteiger partial charge is 0.225 e. The molecule has 0 bridgehead atoms. The lowest BCUT2D eigenvalue weighted by atomic mass is 9.73. The van der Waals surface area contributed by atoms with E-state index in [4.69, 9.17) is 0 Å². The molecular formula is C11H26N2O2P2S. The van der Waals surface area contributed by atoms with Crippen molar-refractivity contribution in [1.29, 1.82) is 0 Å². The maximum atomic E-state index is 12.0. The van der Waals surface area contributed by atoms with Crippen LogP contribution in [0.25, 0.3) is 0 Å². The van der Waals surface area contributed by atoms with Crippen molar-refractivity contribution in [3.8, 4) is 0 Å². The van der Waals surface area contributed by atoms with Crippen molar-refractivity contribution in [3.05, 3.63) is 0 Å². The van der Waals surface area contributed by atoms with Crippen molar-refractivity contribution < 1.29 is 8.42 Å². The molecule has 1 fully saturated rings. The Balaban J connectivity index is 3.23. The summed E-state index contributed by atoms with van der Waals surface area (Å²) in [6, 6.07) is 0.140. The van der Waals surface area contributed by atoms with Crippen molar-refractivity contribution in [2.75, 3.05) is 5.88 Å². The van der Waals surface area contributed by atoms with E-state index in [9.17, 15) is 8.42 Å². The van der Waals surface area contributed by atoms with Gasteiger partial charge in [0.2, 0.25) is 10.0 Å². The van der Waals surface area contributed by atoms with Gasteiger partial charge >= 0.3 is 0 Å². The van der Waals surface area contributed by atoms with Crippen molar-refractivity contribution in [2.24, 2.45) is 10.8 Å². The monoisotopic (exact) mass is 312 g/mol. The lowest BCUT2D eigenvalue weighted by Crippen LogP contribution is -2.65. The Morgan fingerprint density at radius 1 is 1.17 bits per heavy atom. The lowest BCUT2D eigenvalue weighted by molar-refractivity contribution is 0.0941. The molecule has 18 heavy (non-hydrogen) atoms. The average Bonchev–Trinajstić information content (AvgIpc) is 2.11. The fourth-order valence-electron chi connectivity index (χ4n) is 2.47. The number of hydrogen-bond acceptors (Lipinski definition) is 3. The zero-order valence-electron chi connectivity index (χ0n) is 12.1. The van der Waals surface area contributed by atoms with E-state index in [2.05, 4.69) is 59.9 Å². The van der Waals surface area contributed by atoms with Crippen molar-refractivity contribution >= 4 is 27.4 Å². The van der Waals surface area contributed by atoms with E-state index in [0.717, 1.165) is 0 Å². The van der Waals surface area contributed by atoms with E-state index in [1.54, 1.807) is 0 Å². The van der Waals surface area contributed by atoms with Crippen molar-refractivity contribution in [1.82, 2.24) is 9.39 Å². The molecule has 0 aliphatic carbocycles. The third kappa shape index (κ3) is 3.86. The molecule has 108 valence electrons. The zero-order valence-corrected chi connectivity index (χ0v) is 15.1. The van der Waals surface area contributed by atoms with Gasteiger partial charge in [-0.05, 0) is 19.3 Å². The highest BCUT2D eigenvalue weighted by atomic mass is 32.2. The van der Waals surface area contributed by atoms with Gasteiger partial charge in [0, 0.05) is 12.1 Å². The van der Waals surface area contributed by atoms with E-state index < -0.39 is 10.0 Å². The second-order valence-electron chi connectivity index (χ2n) is 7.12. The first kappa shape index (κ1) is 16.8. The first-order chi connectivity index (χ1) is 7.88. The summed E-state index contributed by atoms with van der Waals surface area (Å²) in [4.78, 5) is 0. The largest absolute Gasteiger partial charge is 0.261 e. The van der Waals surface area contributed by atoms with Gasteiger partial charge in [0.05, 0.1) is 0 Å². The number of hydrogen-bond donors (Lipinski definition) is 1. The van der Waals surface area contributed by atoms with Crippen LogP contribution >= 0.6 is 17.3 Å². The van der Waals surface area contributed by atoms with Crippen LogP contribution in [0.4, 0.5) is 0 Å². The normalized spacial score (nSPS) is 31.1. The predicted molar refractivity (Wildman–Crippen MR) is 83.3 cm³/mol. The van der Waals surface area contributed by atoms with E-state index in [0.29, 0.717) is 8.42 Å². The van der Waals surface area contributed by atoms with Crippen LogP contribution in [0.5, 0.6) is 0 Å². The SMILES string of the molecule is CC(C)(C)C1NS(=O)(=O)CN(PP)C1C(C)(C)C. The topological polar surface area (TPSA) is 49.4 Å². The molecule has 1 aliphatic heterocycles. The van der Waals surface area contributed by atoms with Crippen LogP contribution in [0.15, 0.2) is 0 Å². The third-order valence-corrected chi connectivity index (χ3v) is 6.48. The fourth-order valence-corrected chi connectivity index (χ4v) is 6.60. The third-order valence-electron chi connectivity index (χ3n) is 3.25. The Morgan fingerprint density at radius 2 is 1.67 bits per heavy atom. The van der Waals surface area contributed by atoms with Crippen LogP contribution in [-0.2, 0) is 10.0 Å². The molecule has 7 heteroatoms. The molecule has 4 atom stereocenters. The molecule has 0 aromatic heterocycles. The van der Waals surface area contributed by atoms with Gasteiger partial charge in [0.25, 0.3) is 0 Å². The number of sulfonamides is 1. The molecule has 1 heterocycles. The van der Waals surface area contributed by atoms with Gasteiger partial charge in [0.1, 0.15) is 5.88 Å². The Bertz CT molecular complexity index is 398. The Hall–Kier alpha value is 0.730.